The average molecular weight is 405 g/mol. The highest BCUT2D eigenvalue weighted by atomic mass is 16.5. The second-order valence-electron chi connectivity index (χ2n) is 7.42. The lowest BCUT2D eigenvalue weighted by molar-refractivity contribution is -0.140. The van der Waals surface area contributed by atoms with Gasteiger partial charge in [-0.15, -0.1) is 0 Å². The lowest BCUT2D eigenvalue weighted by Crippen LogP contribution is -2.49. The fourth-order valence-corrected chi connectivity index (χ4v) is 3.44. The molecule has 2 amide bonds. The lowest BCUT2D eigenvalue weighted by atomic mass is 10.1. The van der Waals surface area contributed by atoms with Crippen LogP contribution in [0.5, 0.6) is 0 Å². The zero-order valence-electron chi connectivity index (χ0n) is 17.2. The van der Waals surface area contributed by atoms with Gasteiger partial charge in [-0.05, 0) is 31.2 Å². The van der Waals surface area contributed by atoms with Crippen LogP contribution in [0.3, 0.4) is 0 Å². The monoisotopic (exact) mass is 404 g/mol. The summed E-state index contributed by atoms with van der Waals surface area (Å²) in [5.41, 5.74) is 0.886. The third kappa shape index (κ3) is 8.98. The molecule has 1 aliphatic carbocycles. The summed E-state index contributed by atoms with van der Waals surface area (Å²) in [4.78, 5) is 36.1. The lowest BCUT2D eigenvalue weighted by Gasteiger charge is -2.21. The van der Waals surface area contributed by atoms with Gasteiger partial charge in [-0.2, -0.15) is 0 Å². The van der Waals surface area contributed by atoms with Gasteiger partial charge in [0.2, 0.25) is 5.91 Å². The number of hydrogen-bond acceptors (Lipinski definition) is 5. The van der Waals surface area contributed by atoms with E-state index >= 15 is 0 Å². The number of rotatable bonds is 11. The van der Waals surface area contributed by atoms with Crippen molar-refractivity contribution in [3.8, 4) is 0 Å². The number of methoxy groups -OCH3 is 1. The second-order valence-corrected chi connectivity index (χ2v) is 7.42. The Morgan fingerprint density at radius 2 is 1.79 bits per heavy atom. The predicted molar refractivity (Wildman–Crippen MR) is 109 cm³/mol. The van der Waals surface area contributed by atoms with Crippen LogP contribution in [0, 0.1) is 0 Å². The van der Waals surface area contributed by atoms with Crippen molar-refractivity contribution in [2.75, 3.05) is 7.11 Å². The molecule has 1 aromatic rings. The Bertz CT molecular complexity index is 644. The van der Waals surface area contributed by atoms with E-state index in [-0.39, 0.29) is 24.5 Å². The number of amides is 2. The van der Waals surface area contributed by atoms with Crippen molar-refractivity contribution in [1.29, 1.82) is 0 Å². The first kappa shape index (κ1) is 22.7. The molecule has 0 radical (unpaired) electrons. The number of ether oxygens (including phenoxy) is 2. The first-order valence-corrected chi connectivity index (χ1v) is 10.4. The van der Waals surface area contributed by atoms with Gasteiger partial charge in [0.1, 0.15) is 12.6 Å². The summed E-state index contributed by atoms with van der Waals surface area (Å²) in [6.45, 7) is 0.156. The minimum absolute atomic E-state index is 0.156. The van der Waals surface area contributed by atoms with E-state index in [1.54, 1.807) is 0 Å². The highest BCUT2D eigenvalue weighted by Crippen LogP contribution is 2.18. The van der Waals surface area contributed by atoms with Crippen molar-refractivity contribution >= 4 is 18.0 Å². The van der Waals surface area contributed by atoms with Crippen LogP contribution < -0.4 is 10.6 Å². The Hall–Kier alpha value is -2.57. The number of benzene rings is 1. The summed E-state index contributed by atoms with van der Waals surface area (Å²) >= 11 is 0. The van der Waals surface area contributed by atoms with Crippen molar-refractivity contribution < 1.29 is 23.9 Å². The maximum atomic E-state index is 12.7. The quantitative estimate of drug-likeness (QED) is 0.435. The van der Waals surface area contributed by atoms with E-state index in [0.29, 0.717) is 19.3 Å². The smallest absolute Gasteiger partial charge is 0.408 e. The standard InChI is InChI=1S/C22H32N2O5/c1-28-20(25)15-7-3-6-14-19(21(26)23-18-12-8-9-13-18)24-22(27)29-16-17-10-4-2-5-11-17/h2,4-5,10-11,18-19H,3,6-9,12-16H2,1H3,(H,23,26)(H,24,27)/t19-/m0/s1. The van der Waals surface area contributed by atoms with E-state index in [1.807, 2.05) is 30.3 Å². The van der Waals surface area contributed by atoms with Crippen molar-refractivity contribution in [2.24, 2.45) is 0 Å². The van der Waals surface area contributed by atoms with Gasteiger partial charge in [0.05, 0.1) is 7.11 Å². The Morgan fingerprint density at radius 3 is 2.48 bits per heavy atom. The Balaban J connectivity index is 1.80. The summed E-state index contributed by atoms with van der Waals surface area (Å²) in [5.74, 6) is -0.398. The highest BCUT2D eigenvalue weighted by Gasteiger charge is 2.25. The van der Waals surface area contributed by atoms with Gasteiger partial charge in [-0.25, -0.2) is 4.79 Å². The van der Waals surface area contributed by atoms with Crippen molar-refractivity contribution in [3.63, 3.8) is 0 Å². The zero-order chi connectivity index (χ0) is 20.9. The molecule has 0 bridgehead atoms. The van der Waals surface area contributed by atoms with Crippen LogP contribution in [-0.2, 0) is 25.7 Å². The first-order chi connectivity index (χ1) is 14.1. The zero-order valence-corrected chi connectivity index (χ0v) is 17.2. The van der Waals surface area contributed by atoms with Crippen molar-refractivity contribution in [3.05, 3.63) is 35.9 Å². The topological polar surface area (TPSA) is 93.7 Å². The highest BCUT2D eigenvalue weighted by molar-refractivity contribution is 5.85. The van der Waals surface area contributed by atoms with Gasteiger partial charge in [-0.1, -0.05) is 56.0 Å². The van der Waals surface area contributed by atoms with Crippen LogP contribution in [0.15, 0.2) is 30.3 Å². The van der Waals surface area contributed by atoms with Gasteiger partial charge in [0.15, 0.2) is 0 Å². The molecule has 160 valence electrons. The van der Waals surface area contributed by atoms with Gasteiger partial charge in [0.25, 0.3) is 0 Å². The van der Waals surface area contributed by atoms with E-state index in [0.717, 1.165) is 44.1 Å². The Labute approximate surface area is 172 Å². The van der Waals surface area contributed by atoms with Crippen LogP contribution in [0.25, 0.3) is 0 Å². The molecule has 1 saturated carbocycles. The Morgan fingerprint density at radius 1 is 1.07 bits per heavy atom. The summed E-state index contributed by atoms with van der Waals surface area (Å²) in [5, 5.41) is 5.75. The van der Waals surface area contributed by atoms with E-state index < -0.39 is 12.1 Å². The van der Waals surface area contributed by atoms with Crippen molar-refractivity contribution in [2.45, 2.75) is 76.5 Å². The third-order valence-corrected chi connectivity index (χ3v) is 5.12. The molecule has 1 aromatic carbocycles. The van der Waals surface area contributed by atoms with Crippen LogP contribution in [0.1, 0.15) is 63.4 Å². The second kappa shape index (κ2) is 12.8. The molecular formula is C22H32N2O5. The molecule has 0 saturated heterocycles. The predicted octanol–water partition coefficient (Wildman–Crippen LogP) is 3.46. The fourth-order valence-electron chi connectivity index (χ4n) is 3.44. The van der Waals surface area contributed by atoms with E-state index in [1.165, 1.54) is 7.11 Å². The molecule has 0 heterocycles. The maximum absolute atomic E-state index is 12.7. The molecule has 7 nitrogen and oxygen atoms in total. The van der Waals surface area contributed by atoms with Gasteiger partial charge in [0, 0.05) is 12.5 Å². The van der Waals surface area contributed by atoms with E-state index in [9.17, 15) is 14.4 Å². The number of carbonyl (C=O) groups is 3. The fraction of sp³-hybridized carbons (Fsp3) is 0.591. The van der Waals surface area contributed by atoms with Crippen molar-refractivity contribution in [1.82, 2.24) is 10.6 Å². The number of alkyl carbamates (subject to hydrolysis) is 1. The Kier molecular flexibility index (Phi) is 10.0. The number of esters is 1. The molecule has 0 spiro atoms. The first-order valence-electron chi connectivity index (χ1n) is 10.4. The average Bonchev–Trinajstić information content (AvgIpc) is 3.24. The number of hydrogen-bond donors (Lipinski definition) is 2. The molecule has 0 aliphatic heterocycles. The molecule has 7 heteroatoms. The van der Waals surface area contributed by atoms with Gasteiger partial charge >= 0.3 is 12.1 Å². The summed E-state index contributed by atoms with van der Waals surface area (Å²) < 4.78 is 9.89. The molecule has 29 heavy (non-hydrogen) atoms. The van der Waals surface area contributed by atoms with Gasteiger partial charge in [-0.3, -0.25) is 9.59 Å². The molecule has 2 rings (SSSR count). The molecule has 1 aliphatic rings. The number of unbranched alkanes of at least 4 members (excludes halogenated alkanes) is 2. The van der Waals surface area contributed by atoms with E-state index in [2.05, 4.69) is 15.4 Å². The number of nitrogens with one attached hydrogen (secondary N) is 2. The molecule has 1 fully saturated rings. The van der Waals surface area contributed by atoms with Crippen LogP contribution in [0.4, 0.5) is 4.79 Å². The van der Waals surface area contributed by atoms with E-state index in [4.69, 9.17) is 4.74 Å². The summed E-state index contributed by atoms with van der Waals surface area (Å²) in [6.07, 6.45) is 6.67. The number of carbonyl (C=O) groups excluding carboxylic acids is 3. The van der Waals surface area contributed by atoms with Crippen LogP contribution >= 0.6 is 0 Å². The van der Waals surface area contributed by atoms with Crippen LogP contribution in [0.2, 0.25) is 0 Å². The maximum Gasteiger partial charge on any atom is 0.408 e. The molecule has 1 atom stereocenters. The normalized spacial score (nSPS) is 14.8. The molecule has 0 unspecified atom stereocenters. The minimum Gasteiger partial charge on any atom is -0.469 e. The molecular weight excluding hydrogens is 372 g/mol. The SMILES string of the molecule is COC(=O)CCCCC[C@H](NC(=O)OCc1ccccc1)C(=O)NC1CCCC1. The summed E-state index contributed by atoms with van der Waals surface area (Å²) in [6, 6.07) is 8.94. The third-order valence-electron chi connectivity index (χ3n) is 5.12. The minimum atomic E-state index is -0.642. The molecule has 0 aromatic heterocycles. The van der Waals surface area contributed by atoms with Crippen LogP contribution in [-0.4, -0.2) is 37.2 Å². The molecule has 2 N–H and O–H groups in total. The van der Waals surface area contributed by atoms with Gasteiger partial charge < -0.3 is 20.1 Å². The largest absolute Gasteiger partial charge is 0.469 e. The summed E-state index contributed by atoms with van der Waals surface area (Å²) in [7, 11) is 1.37.